The number of aromatic nitrogens is 1. The third kappa shape index (κ3) is 7.02. The fraction of sp³-hybridized carbons (Fsp3) is 0.528. The topological polar surface area (TPSA) is 113 Å². The molecule has 2 N–H and O–H groups in total. The summed E-state index contributed by atoms with van der Waals surface area (Å²) < 4.78 is 15.0. The number of anilines is 1. The number of ether oxygens (including phenoxy) is 2. The Balaban J connectivity index is 1.29. The number of nitrogens with zero attached hydrogens (tertiary/aromatic N) is 3. The minimum Gasteiger partial charge on any atom is -0.481 e. The predicted octanol–water partition coefficient (Wildman–Crippen LogP) is 6.37. The van der Waals surface area contributed by atoms with Gasteiger partial charge >= 0.3 is 5.97 Å². The average molecular weight is 700 g/mol. The van der Waals surface area contributed by atoms with Crippen LogP contribution in [0.15, 0.2) is 42.6 Å². The van der Waals surface area contributed by atoms with E-state index in [0.29, 0.717) is 73.7 Å². The number of carbonyl (C=O) groups excluding carboxylic acids is 2. The molecule has 1 aromatic heterocycles. The zero-order valence-electron chi connectivity index (χ0n) is 27.7. The number of aryl methyl sites for hydroxylation is 1. The number of halogens is 2. The third-order valence-corrected chi connectivity index (χ3v) is 10.6. The zero-order valence-corrected chi connectivity index (χ0v) is 29.2. The third-order valence-electron chi connectivity index (χ3n) is 9.98. The fourth-order valence-electron chi connectivity index (χ4n) is 7.69. The van der Waals surface area contributed by atoms with Crippen LogP contribution in [0.4, 0.5) is 5.69 Å². The maximum absolute atomic E-state index is 14.9. The first-order valence-electron chi connectivity index (χ1n) is 16.9. The number of hydrogen-bond donors (Lipinski definition) is 2. The molecule has 2 saturated heterocycles. The maximum Gasteiger partial charge on any atom is 0.306 e. The van der Waals surface area contributed by atoms with Gasteiger partial charge in [-0.1, -0.05) is 41.4 Å². The molecule has 48 heavy (non-hydrogen) atoms. The number of hydrogen-bond acceptors (Lipinski definition) is 7. The van der Waals surface area contributed by atoms with E-state index < -0.39 is 17.7 Å². The van der Waals surface area contributed by atoms with Gasteiger partial charge in [0, 0.05) is 61.8 Å². The molecule has 3 aromatic rings. The predicted molar refractivity (Wildman–Crippen MR) is 186 cm³/mol. The van der Waals surface area contributed by atoms with Crippen molar-refractivity contribution in [2.24, 2.45) is 13.0 Å². The molecule has 2 unspecified atom stereocenters. The van der Waals surface area contributed by atoms with Crippen molar-refractivity contribution in [3.05, 3.63) is 63.8 Å². The number of carbonyl (C=O) groups is 3. The molecular weight excluding hydrogens is 655 g/mol. The molecule has 3 fully saturated rings. The molecule has 0 radical (unpaired) electrons. The highest BCUT2D eigenvalue weighted by atomic mass is 35.5. The number of benzene rings is 2. The van der Waals surface area contributed by atoms with Gasteiger partial charge in [0.25, 0.3) is 5.91 Å². The number of fused-ring (bicyclic) bond motifs is 1. The number of morpholine rings is 1. The van der Waals surface area contributed by atoms with Crippen LogP contribution < -0.4 is 5.32 Å². The van der Waals surface area contributed by atoms with E-state index in [4.69, 9.17) is 32.7 Å². The standard InChI is InChI=1S/C36H44Cl2N4O6/c1-22-19-42(20-23(2)47-22)36(41-14-6-7-15-41,48-26-12-10-24(11-13-26)35(45)46)33(43)17-25-16-30(38)31(18-29(25)37)39-34(44)28-21-40(3)32-9-5-4-8-27(28)32/h4-5,8-9,16,18,21-24,26H,6-7,10-15,17,19-20H2,1-3H3,(H,39,44)(H,45,46)/t22-,23?,24?,26?,36?/m0/s1. The van der Waals surface area contributed by atoms with Crippen LogP contribution in [0, 0.1) is 5.92 Å². The number of ketones is 1. The average Bonchev–Trinajstić information content (AvgIpc) is 3.71. The van der Waals surface area contributed by atoms with Gasteiger partial charge in [0.15, 0.2) is 5.78 Å². The number of Topliss-reactive ketones (excluding diaryl/α,β-unsaturated/α-hetero) is 1. The second kappa shape index (κ2) is 14.5. The monoisotopic (exact) mass is 698 g/mol. The number of aliphatic carboxylic acids is 1. The van der Waals surface area contributed by atoms with Crippen molar-refractivity contribution in [1.29, 1.82) is 0 Å². The van der Waals surface area contributed by atoms with Crippen LogP contribution in [0.3, 0.4) is 0 Å². The molecule has 2 aromatic carbocycles. The number of rotatable bonds is 10. The van der Waals surface area contributed by atoms with Gasteiger partial charge in [0.05, 0.1) is 40.5 Å². The lowest BCUT2D eigenvalue weighted by Gasteiger charge is -2.52. The molecule has 3 atom stereocenters. The van der Waals surface area contributed by atoms with Gasteiger partial charge in [-0.05, 0) is 76.1 Å². The molecule has 2 aliphatic heterocycles. The number of para-hydroxylation sites is 1. The summed E-state index contributed by atoms with van der Waals surface area (Å²) in [6, 6.07) is 10.9. The van der Waals surface area contributed by atoms with Crippen molar-refractivity contribution in [3.63, 3.8) is 0 Å². The lowest BCUT2D eigenvalue weighted by atomic mass is 9.87. The van der Waals surface area contributed by atoms with Crippen molar-refractivity contribution >= 4 is 57.5 Å². The number of likely N-dealkylation sites (tertiary alicyclic amines) is 1. The molecule has 12 heteroatoms. The van der Waals surface area contributed by atoms with E-state index in [-0.39, 0.29) is 41.4 Å². The van der Waals surface area contributed by atoms with Crippen molar-refractivity contribution in [2.75, 3.05) is 31.5 Å². The highest BCUT2D eigenvalue weighted by Crippen LogP contribution is 2.39. The second-order valence-electron chi connectivity index (χ2n) is 13.5. The van der Waals surface area contributed by atoms with Crippen LogP contribution in [0.5, 0.6) is 0 Å². The first kappa shape index (κ1) is 34.9. The smallest absolute Gasteiger partial charge is 0.306 e. The first-order chi connectivity index (χ1) is 23.0. The Morgan fingerprint density at radius 2 is 1.65 bits per heavy atom. The summed E-state index contributed by atoms with van der Waals surface area (Å²) in [4.78, 5) is 44.2. The molecule has 1 saturated carbocycles. The van der Waals surface area contributed by atoms with Gasteiger partial charge in [-0.25, -0.2) is 0 Å². The van der Waals surface area contributed by atoms with Crippen LogP contribution in [-0.4, -0.2) is 87.5 Å². The number of carboxylic acids is 1. The Bertz CT molecular complexity index is 1670. The van der Waals surface area contributed by atoms with E-state index >= 15 is 0 Å². The van der Waals surface area contributed by atoms with E-state index in [1.165, 1.54) is 0 Å². The largest absolute Gasteiger partial charge is 0.481 e. The Kier molecular flexibility index (Phi) is 10.5. The number of carboxylic acid groups (broad SMARTS) is 1. The van der Waals surface area contributed by atoms with Crippen LogP contribution in [0.25, 0.3) is 10.9 Å². The van der Waals surface area contributed by atoms with Gasteiger partial charge in [-0.15, -0.1) is 0 Å². The van der Waals surface area contributed by atoms with Gasteiger partial charge in [0.2, 0.25) is 5.85 Å². The van der Waals surface area contributed by atoms with E-state index in [2.05, 4.69) is 15.1 Å². The zero-order chi connectivity index (χ0) is 34.2. The lowest BCUT2D eigenvalue weighted by molar-refractivity contribution is -0.274. The normalized spacial score (nSPS) is 25.2. The summed E-state index contributed by atoms with van der Waals surface area (Å²) in [6.07, 6.45) is 5.26. The van der Waals surface area contributed by atoms with E-state index in [0.717, 1.165) is 23.7 Å². The summed E-state index contributed by atoms with van der Waals surface area (Å²) >= 11 is 13.6. The van der Waals surface area contributed by atoms with Crippen molar-refractivity contribution in [2.45, 2.75) is 83.0 Å². The molecule has 258 valence electrons. The maximum atomic E-state index is 14.9. The summed E-state index contributed by atoms with van der Waals surface area (Å²) in [5.41, 5.74) is 2.33. The molecule has 10 nitrogen and oxygen atoms in total. The summed E-state index contributed by atoms with van der Waals surface area (Å²) in [6.45, 7) is 6.41. The SMILES string of the molecule is CC1CN(C(OC2CCC(C(=O)O)CC2)(C(=O)Cc2cc(Cl)c(NC(=O)c3cn(C)c4ccccc34)cc2Cl)N2CCCC2)C[C@H](C)O1. The van der Waals surface area contributed by atoms with E-state index in [1.54, 1.807) is 18.3 Å². The van der Waals surface area contributed by atoms with Crippen molar-refractivity contribution in [1.82, 2.24) is 14.4 Å². The van der Waals surface area contributed by atoms with Crippen LogP contribution in [0.1, 0.15) is 68.3 Å². The molecule has 3 aliphatic rings. The Morgan fingerprint density at radius 3 is 2.31 bits per heavy atom. The van der Waals surface area contributed by atoms with Gasteiger partial charge in [0.1, 0.15) is 0 Å². The Labute approximate surface area is 291 Å². The second-order valence-corrected chi connectivity index (χ2v) is 14.4. The highest BCUT2D eigenvalue weighted by Gasteiger charge is 2.54. The van der Waals surface area contributed by atoms with Crippen LogP contribution in [0.2, 0.25) is 10.0 Å². The highest BCUT2D eigenvalue weighted by molar-refractivity contribution is 6.36. The summed E-state index contributed by atoms with van der Waals surface area (Å²) in [5, 5.41) is 13.9. The molecular formula is C36H44Cl2N4O6. The number of amides is 1. The first-order valence-corrected chi connectivity index (χ1v) is 17.6. The van der Waals surface area contributed by atoms with Gasteiger partial charge in [-0.2, -0.15) is 0 Å². The molecule has 1 aliphatic carbocycles. The fourth-order valence-corrected chi connectivity index (χ4v) is 8.16. The minimum atomic E-state index is -1.37. The Morgan fingerprint density at radius 1 is 0.979 bits per heavy atom. The summed E-state index contributed by atoms with van der Waals surface area (Å²) in [7, 11) is 1.89. The lowest BCUT2D eigenvalue weighted by Crippen LogP contribution is -2.71. The van der Waals surface area contributed by atoms with E-state index in [9.17, 15) is 19.5 Å². The quantitative estimate of drug-likeness (QED) is 0.251. The Hall–Kier alpha value is -2.99. The van der Waals surface area contributed by atoms with Gasteiger partial charge in [-0.3, -0.25) is 24.2 Å². The number of nitrogens with one attached hydrogen (secondary N) is 1. The van der Waals surface area contributed by atoms with Crippen molar-refractivity contribution < 1.29 is 29.0 Å². The van der Waals surface area contributed by atoms with Gasteiger partial charge < -0.3 is 24.5 Å². The molecule has 0 bridgehead atoms. The van der Waals surface area contributed by atoms with Crippen LogP contribution in [-0.2, 0) is 32.5 Å². The molecule has 0 spiro atoms. The molecule has 3 heterocycles. The van der Waals surface area contributed by atoms with Crippen LogP contribution >= 0.6 is 23.2 Å². The van der Waals surface area contributed by atoms with Crippen molar-refractivity contribution in [3.8, 4) is 0 Å². The minimum absolute atomic E-state index is 0.0445. The summed E-state index contributed by atoms with van der Waals surface area (Å²) in [5.74, 6) is -3.03. The van der Waals surface area contributed by atoms with E-state index in [1.807, 2.05) is 49.7 Å². The molecule has 6 rings (SSSR count). The molecule has 1 amide bonds.